The Hall–Kier alpha value is -2.75. The largest absolute Gasteiger partial charge is 0.490 e. The molecule has 0 aliphatic carbocycles. The van der Waals surface area contributed by atoms with Gasteiger partial charge in [-0.1, -0.05) is 23.7 Å². The summed E-state index contributed by atoms with van der Waals surface area (Å²) < 4.78 is 11.0. The van der Waals surface area contributed by atoms with Gasteiger partial charge in [0.1, 0.15) is 17.9 Å². The highest BCUT2D eigenvalue weighted by molar-refractivity contribution is 6.32. The lowest BCUT2D eigenvalue weighted by Crippen LogP contribution is -2.43. The number of anilines is 1. The number of esters is 1. The number of rotatable bonds is 7. The fourth-order valence-corrected chi connectivity index (χ4v) is 5.27. The smallest absolute Gasteiger partial charge is 0.309 e. The van der Waals surface area contributed by atoms with Gasteiger partial charge in [0.2, 0.25) is 0 Å². The standard InChI is InChI=1S/C28H34ClN3O3/c1-20-26(8-5-23(18-30)28(20)29)35-25-11-13-31(14-12-25)19-22-9-15-32(16-10-22)24-6-3-21(4-7-24)17-27(33)34-2/h3-8,22,25H,9-17,19H2,1-2H3. The lowest BCUT2D eigenvalue weighted by molar-refractivity contribution is -0.139. The fraction of sp³-hybridized carbons (Fsp3) is 0.500. The van der Waals surface area contributed by atoms with E-state index < -0.39 is 0 Å². The molecule has 0 aromatic heterocycles. The van der Waals surface area contributed by atoms with Crippen LogP contribution in [-0.2, 0) is 16.0 Å². The Bertz CT molecular complexity index is 1050. The van der Waals surface area contributed by atoms with E-state index in [1.54, 1.807) is 6.07 Å². The summed E-state index contributed by atoms with van der Waals surface area (Å²) in [5, 5.41) is 9.63. The summed E-state index contributed by atoms with van der Waals surface area (Å²) in [6, 6.07) is 14.0. The predicted molar refractivity (Wildman–Crippen MR) is 138 cm³/mol. The monoisotopic (exact) mass is 495 g/mol. The zero-order chi connectivity index (χ0) is 24.8. The molecule has 2 aromatic carbocycles. The van der Waals surface area contributed by atoms with E-state index in [0.29, 0.717) is 17.0 Å². The molecule has 7 heteroatoms. The van der Waals surface area contributed by atoms with Crippen LogP contribution in [0.2, 0.25) is 5.02 Å². The lowest BCUT2D eigenvalue weighted by atomic mass is 9.94. The molecule has 0 spiro atoms. The maximum atomic E-state index is 11.5. The van der Waals surface area contributed by atoms with E-state index in [-0.39, 0.29) is 12.1 Å². The van der Waals surface area contributed by atoms with E-state index in [0.717, 1.165) is 68.4 Å². The molecule has 2 aliphatic rings. The Morgan fingerprint density at radius 1 is 1.06 bits per heavy atom. The summed E-state index contributed by atoms with van der Waals surface area (Å²) in [7, 11) is 1.42. The number of hydrogen-bond acceptors (Lipinski definition) is 6. The van der Waals surface area contributed by atoms with Crippen LogP contribution in [0, 0.1) is 24.2 Å². The van der Waals surface area contributed by atoms with Crippen LogP contribution >= 0.6 is 11.6 Å². The molecular weight excluding hydrogens is 462 g/mol. The highest BCUT2D eigenvalue weighted by Crippen LogP contribution is 2.31. The number of ether oxygens (including phenoxy) is 2. The van der Waals surface area contributed by atoms with Gasteiger partial charge >= 0.3 is 5.97 Å². The van der Waals surface area contributed by atoms with Crippen LogP contribution in [0.25, 0.3) is 0 Å². The molecule has 2 fully saturated rings. The lowest BCUT2D eigenvalue weighted by Gasteiger charge is -2.38. The highest BCUT2D eigenvalue weighted by Gasteiger charge is 2.26. The molecule has 0 bridgehead atoms. The molecule has 2 heterocycles. The molecule has 0 amide bonds. The molecular formula is C28H34ClN3O3. The number of carbonyl (C=O) groups excluding carboxylic acids is 1. The van der Waals surface area contributed by atoms with Crippen molar-refractivity contribution >= 4 is 23.3 Å². The minimum atomic E-state index is -0.206. The van der Waals surface area contributed by atoms with Crippen molar-refractivity contribution in [3.8, 4) is 11.8 Å². The normalized spacial score (nSPS) is 17.7. The first-order chi connectivity index (χ1) is 17.0. The highest BCUT2D eigenvalue weighted by atomic mass is 35.5. The summed E-state index contributed by atoms with van der Waals surface area (Å²) in [6.45, 7) is 7.31. The van der Waals surface area contributed by atoms with E-state index in [9.17, 15) is 4.79 Å². The molecule has 0 atom stereocenters. The van der Waals surface area contributed by atoms with Crippen LogP contribution in [0.5, 0.6) is 5.75 Å². The third kappa shape index (κ3) is 6.48. The molecule has 6 nitrogen and oxygen atoms in total. The van der Waals surface area contributed by atoms with Crippen LogP contribution in [-0.4, -0.2) is 56.8 Å². The maximum absolute atomic E-state index is 11.5. The number of halogens is 1. The average Bonchev–Trinajstić information content (AvgIpc) is 2.89. The first-order valence-electron chi connectivity index (χ1n) is 12.5. The Labute approximate surface area is 213 Å². The van der Waals surface area contributed by atoms with Crippen molar-refractivity contribution in [2.45, 2.75) is 45.1 Å². The Kier molecular flexibility index (Phi) is 8.54. The van der Waals surface area contributed by atoms with Crippen LogP contribution in [0.4, 0.5) is 5.69 Å². The molecule has 2 saturated heterocycles. The number of carbonyl (C=O) groups is 1. The van der Waals surface area contributed by atoms with Crippen molar-refractivity contribution in [3.05, 3.63) is 58.1 Å². The van der Waals surface area contributed by atoms with Crippen molar-refractivity contribution in [2.75, 3.05) is 44.7 Å². The first-order valence-corrected chi connectivity index (χ1v) is 12.8. The molecule has 0 unspecified atom stereocenters. The van der Waals surface area contributed by atoms with Gasteiger partial charge in [-0.25, -0.2) is 0 Å². The van der Waals surface area contributed by atoms with Crippen molar-refractivity contribution < 1.29 is 14.3 Å². The molecule has 2 aromatic rings. The molecule has 4 rings (SSSR count). The van der Waals surface area contributed by atoms with E-state index >= 15 is 0 Å². The quantitative estimate of drug-likeness (QED) is 0.504. The summed E-state index contributed by atoms with van der Waals surface area (Å²) in [4.78, 5) is 16.5. The topological polar surface area (TPSA) is 65.8 Å². The van der Waals surface area contributed by atoms with Gasteiger partial charge in [0.15, 0.2) is 0 Å². The fourth-order valence-electron chi connectivity index (χ4n) is 5.07. The third-order valence-corrected chi connectivity index (χ3v) is 7.78. The minimum Gasteiger partial charge on any atom is -0.490 e. The Morgan fingerprint density at radius 2 is 1.74 bits per heavy atom. The number of nitrogens with zero attached hydrogens (tertiary/aromatic N) is 3. The molecule has 35 heavy (non-hydrogen) atoms. The summed E-state index contributed by atoms with van der Waals surface area (Å²) >= 11 is 6.30. The van der Waals surface area contributed by atoms with E-state index in [2.05, 4.69) is 28.0 Å². The van der Waals surface area contributed by atoms with Crippen LogP contribution in [0.1, 0.15) is 42.4 Å². The number of methoxy groups -OCH3 is 1. The van der Waals surface area contributed by atoms with E-state index in [4.69, 9.17) is 26.3 Å². The number of hydrogen-bond donors (Lipinski definition) is 0. The third-order valence-electron chi connectivity index (χ3n) is 7.29. The summed E-state index contributed by atoms with van der Waals surface area (Å²) in [5.74, 6) is 1.31. The van der Waals surface area contributed by atoms with Crippen molar-refractivity contribution in [1.82, 2.24) is 4.90 Å². The van der Waals surface area contributed by atoms with Crippen molar-refractivity contribution in [2.24, 2.45) is 5.92 Å². The number of benzene rings is 2. The van der Waals surface area contributed by atoms with Gasteiger partial charge in [0, 0.05) is 44.0 Å². The van der Waals surface area contributed by atoms with Gasteiger partial charge in [-0.2, -0.15) is 5.26 Å². The predicted octanol–water partition coefficient (Wildman–Crippen LogP) is 5.00. The van der Waals surface area contributed by atoms with Gasteiger partial charge in [0.25, 0.3) is 0 Å². The molecule has 0 saturated carbocycles. The zero-order valence-electron chi connectivity index (χ0n) is 20.6. The number of nitriles is 1. The van der Waals surface area contributed by atoms with Gasteiger partial charge < -0.3 is 19.3 Å². The molecule has 2 aliphatic heterocycles. The van der Waals surface area contributed by atoms with Crippen molar-refractivity contribution in [1.29, 1.82) is 5.26 Å². The minimum absolute atomic E-state index is 0.193. The number of piperidine rings is 2. The molecule has 186 valence electrons. The maximum Gasteiger partial charge on any atom is 0.309 e. The number of likely N-dealkylation sites (tertiary alicyclic amines) is 1. The SMILES string of the molecule is COC(=O)Cc1ccc(N2CCC(CN3CCC(Oc4ccc(C#N)c(Cl)c4C)CC3)CC2)cc1. The first kappa shape index (κ1) is 25.3. The van der Waals surface area contributed by atoms with Crippen LogP contribution < -0.4 is 9.64 Å². The van der Waals surface area contributed by atoms with Crippen LogP contribution in [0.3, 0.4) is 0 Å². The van der Waals surface area contributed by atoms with Gasteiger partial charge in [-0.05, 0) is 68.4 Å². The Morgan fingerprint density at radius 3 is 2.37 bits per heavy atom. The van der Waals surface area contributed by atoms with Crippen LogP contribution in [0.15, 0.2) is 36.4 Å². The van der Waals surface area contributed by atoms with E-state index in [1.807, 2.05) is 25.1 Å². The second-order valence-electron chi connectivity index (χ2n) is 9.63. The second-order valence-corrected chi connectivity index (χ2v) is 10.0. The molecule has 0 radical (unpaired) electrons. The van der Waals surface area contributed by atoms with Gasteiger partial charge in [0.05, 0.1) is 24.1 Å². The second kappa shape index (κ2) is 11.8. The Balaban J connectivity index is 1.20. The average molecular weight is 496 g/mol. The summed E-state index contributed by atoms with van der Waals surface area (Å²) in [6.07, 6.45) is 4.92. The summed E-state index contributed by atoms with van der Waals surface area (Å²) in [5.41, 5.74) is 3.56. The molecule has 0 N–H and O–H groups in total. The zero-order valence-corrected chi connectivity index (χ0v) is 21.4. The van der Waals surface area contributed by atoms with E-state index in [1.165, 1.54) is 25.6 Å². The van der Waals surface area contributed by atoms with Gasteiger partial charge in [-0.3, -0.25) is 4.79 Å². The van der Waals surface area contributed by atoms with Crippen molar-refractivity contribution in [3.63, 3.8) is 0 Å². The van der Waals surface area contributed by atoms with Gasteiger partial charge in [-0.15, -0.1) is 0 Å².